The lowest BCUT2D eigenvalue weighted by atomic mass is 9.77. The van der Waals surface area contributed by atoms with E-state index in [-0.39, 0.29) is 0 Å². The third-order valence-electron chi connectivity index (χ3n) is 5.09. The minimum absolute atomic E-state index is 0.344. The number of unbranched alkanes of at least 4 members (excludes halogenated alkanes) is 2. The van der Waals surface area contributed by atoms with Gasteiger partial charge in [0.05, 0.1) is 0 Å². The van der Waals surface area contributed by atoms with Gasteiger partial charge >= 0.3 is 0 Å². The molecule has 2 heteroatoms. The molecule has 0 aromatic rings. The van der Waals surface area contributed by atoms with Crippen LogP contribution in [0.25, 0.3) is 0 Å². The first-order chi connectivity index (χ1) is 8.58. The first-order valence-electron chi connectivity index (χ1n) is 8.08. The highest BCUT2D eigenvalue weighted by atomic mass is 15.3. The maximum atomic E-state index is 3.90. The Morgan fingerprint density at radius 1 is 1.06 bits per heavy atom. The van der Waals surface area contributed by atoms with E-state index in [4.69, 9.17) is 0 Å². The van der Waals surface area contributed by atoms with E-state index in [2.05, 4.69) is 31.0 Å². The van der Waals surface area contributed by atoms with Crippen LogP contribution in [0.4, 0.5) is 0 Å². The second-order valence-electron chi connectivity index (χ2n) is 7.14. The summed E-state index contributed by atoms with van der Waals surface area (Å²) in [6, 6.07) is 0. The van der Waals surface area contributed by atoms with Gasteiger partial charge in [-0.3, -0.25) is 4.90 Å². The summed E-state index contributed by atoms with van der Waals surface area (Å²) >= 11 is 0. The van der Waals surface area contributed by atoms with Gasteiger partial charge in [-0.05, 0) is 39.7 Å². The molecule has 1 saturated heterocycles. The Bertz CT molecular complexity index is 254. The second-order valence-corrected chi connectivity index (χ2v) is 7.14. The van der Waals surface area contributed by atoms with Crippen LogP contribution in [0.3, 0.4) is 0 Å². The van der Waals surface area contributed by atoms with Gasteiger partial charge in [-0.2, -0.15) is 0 Å². The van der Waals surface area contributed by atoms with E-state index in [0.717, 1.165) is 0 Å². The second kappa shape index (κ2) is 5.92. The molecule has 1 aliphatic carbocycles. The fraction of sp³-hybridized carbons (Fsp3) is 1.00. The number of nitrogens with one attached hydrogen (secondary N) is 1. The van der Waals surface area contributed by atoms with Crippen molar-refractivity contribution >= 4 is 0 Å². The molecule has 2 fully saturated rings. The van der Waals surface area contributed by atoms with Crippen LogP contribution in [0.5, 0.6) is 0 Å². The zero-order valence-electron chi connectivity index (χ0n) is 12.7. The largest absolute Gasteiger partial charge is 0.308 e. The number of piperazine rings is 1. The monoisotopic (exact) mass is 252 g/mol. The molecule has 0 aromatic carbocycles. The predicted octanol–water partition coefficient (Wildman–Crippen LogP) is 3.56. The van der Waals surface area contributed by atoms with Gasteiger partial charge in [-0.25, -0.2) is 0 Å². The molecule has 1 spiro atoms. The molecule has 2 nitrogen and oxygen atoms in total. The average molecular weight is 252 g/mol. The lowest BCUT2D eigenvalue weighted by Gasteiger charge is -2.53. The molecular weight excluding hydrogens is 220 g/mol. The van der Waals surface area contributed by atoms with Crippen molar-refractivity contribution < 1.29 is 0 Å². The molecule has 1 aliphatic heterocycles. The fourth-order valence-corrected chi connectivity index (χ4v) is 3.65. The van der Waals surface area contributed by atoms with Gasteiger partial charge in [0.15, 0.2) is 0 Å². The van der Waals surface area contributed by atoms with Crippen LogP contribution in [-0.4, -0.2) is 35.6 Å². The third kappa shape index (κ3) is 3.27. The number of hydrogen-bond acceptors (Lipinski definition) is 2. The van der Waals surface area contributed by atoms with Gasteiger partial charge < -0.3 is 5.32 Å². The van der Waals surface area contributed by atoms with E-state index in [1.54, 1.807) is 0 Å². The maximum absolute atomic E-state index is 3.90. The fourth-order valence-electron chi connectivity index (χ4n) is 3.65. The summed E-state index contributed by atoms with van der Waals surface area (Å²) in [7, 11) is 0. The van der Waals surface area contributed by atoms with E-state index in [1.165, 1.54) is 71.0 Å². The van der Waals surface area contributed by atoms with Crippen molar-refractivity contribution in [3.05, 3.63) is 0 Å². The topological polar surface area (TPSA) is 15.3 Å². The molecule has 1 heterocycles. The molecule has 1 saturated carbocycles. The summed E-state index contributed by atoms with van der Waals surface area (Å²) in [6.45, 7) is 10.8. The van der Waals surface area contributed by atoms with Crippen molar-refractivity contribution in [3.63, 3.8) is 0 Å². The van der Waals surface area contributed by atoms with Gasteiger partial charge in [-0.1, -0.05) is 39.0 Å². The Morgan fingerprint density at radius 2 is 1.78 bits per heavy atom. The zero-order chi connectivity index (χ0) is 13.1. The van der Waals surface area contributed by atoms with Gasteiger partial charge in [0.1, 0.15) is 0 Å². The van der Waals surface area contributed by atoms with E-state index < -0.39 is 0 Å². The van der Waals surface area contributed by atoms with Crippen LogP contribution >= 0.6 is 0 Å². The van der Waals surface area contributed by atoms with Gasteiger partial charge in [0, 0.05) is 24.2 Å². The third-order valence-corrected chi connectivity index (χ3v) is 5.09. The van der Waals surface area contributed by atoms with Crippen LogP contribution in [0.15, 0.2) is 0 Å². The Kier molecular flexibility index (Phi) is 4.71. The minimum Gasteiger partial charge on any atom is -0.308 e. The van der Waals surface area contributed by atoms with Crippen LogP contribution in [0.1, 0.15) is 72.1 Å². The van der Waals surface area contributed by atoms with E-state index in [1.807, 2.05) is 0 Å². The summed E-state index contributed by atoms with van der Waals surface area (Å²) in [5.74, 6) is 0. The molecule has 0 bridgehead atoms. The summed E-state index contributed by atoms with van der Waals surface area (Å²) in [5.41, 5.74) is 0.802. The van der Waals surface area contributed by atoms with Crippen molar-refractivity contribution in [2.75, 3.05) is 19.6 Å². The predicted molar refractivity (Wildman–Crippen MR) is 79.0 cm³/mol. The highest BCUT2D eigenvalue weighted by molar-refractivity contribution is 5.02. The van der Waals surface area contributed by atoms with E-state index >= 15 is 0 Å². The van der Waals surface area contributed by atoms with Crippen LogP contribution in [0, 0.1) is 0 Å². The quantitative estimate of drug-likeness (QED) is 0.770. The molecule has 0 atom stereocenters. The van der Waals surface area contributed by atoms with E-state index in [9.17, 15) is 0 Å². The number of rotatable bonds is 4. The SMILES string of the molecule is CCCCCN1CC2(CCCCC2)NCC1(C)C. The molecule has 0 radical (unpaired) electrons. The summed E-state index contributed by atoms with van der Waals surface area (Å²) in [6.07, 6.45) is 11.2. The van der Waals surface area contributed by atoms with Crippen molar-refractivity contribution in [2.24, 2.45) is 0 Å². The number of hydrogen-bond donors (Lipinski definition) is 1. The van der Waals surface area contributed by atoms with Crippen molar-refractivity contribution in [2.45, 2.75) is 83.2 Å². The summed E-state index contributed by atoms with van der Waals surface area (Å²) in [4.78, 5) is 2.77. The van der Waals surface area contributed by atoms with Gasteiger partial charge in [-0.15, -0.1) is 0 Å². The molecule has 18 heavy (non-hydrogen) atoms. The molecule has 0 amide bonds. The molecule has 1 N–H and O–H groups in total. The van der Waals surface area contributed by atoms with Gasteiger partial charge in [0.25, 0.3) is 0 Å². The highest BCUT2D eigenvalue weighted by Crippen LogP contribution is 2.34. The van der Waals surface area contributed by atoms with Crippen molar-refractivity contribution in [3.8, 4) is 0 Å². The Balaban J connectivity index is 1.95. The van der Waals surface area contributed by atoms with Crippen LogP contribution in [0.2, 0.25) is 0 Å². The molecule has 106 valence electrons. The molecule has 2 rings (SSSR count). The Hall–Kier alpha value is -0.0800. The maximum Gasteiger partial charge on any atom is 0.0309 e. The highest BCUT2D eigenvalue weighted by Gasteiger charge is 2.42. The smallest absolute Gasteiger partial charge is 0.0309 e. The normalized spacial score (nSPS) is 27.5. The molecule has 0 aromatic heterocycles. The molecule has 2 aliphatic rings. The summed E-state index contributed by atoms with van der Waals surface area (Å²) < 4.78 is 0. The van der Waals surface area contributed by atoms with Crippen molar-refractivity contribution in [1.29, 1.82) is 0 Å². The van der Waals surface area contributed by atoms with E-state index in [0.29, 0.717) is 11.1 Å². The molecular formula is C16H32N2. The average Bonchev–Trinajstić information content (AvgIpc) is 2.36. The summed E-state index contributed by atoms with van der Waals surface area (Å²) in [5, 5.41) is 3.90. The van der Waals surface area contributed by atoms with Crippen molar-refractivity contribution in [1.82, 2.24) is 10.2 Å². The standard InChI is InChI=1S/C16H32N2/c1-4-5-9-12-18-14-16(10-7-6-8-11-16)17-13-15(18,2)3/h17H,4-14H2,1-3H3. The molecule has 0 unspecified atom stereocenters. The number of nitrogens with zero attached hydrogens (tertiary/aromatic N) is 1. The van der Waals surface area contributed by atoms with Gasteiger partial charge in [0.2, 0.25) is 0 Å². The zero-order valence-corrected chi connectivity index (χ0v) is 12.7. The van der Waals surface area contributed by atoms with Crippen LogP contribution < -0.4 is 5.32 Å². The first-order valence-corrected chi connectivity index (χ1v) is 8.08. The van der Waals surface area contributed by atoms with Crippen LogP contribution in [-0.2, 0) is 0 Å². The first kappa shape index (κ1) is 14.3. The lowest BCUT2D eigenvalue weighted by molar-refractivity contribution is 0.00984. The Morgan fingerprint density at radius 3 is 2.44 bits per heavy atom. The lowest BCUT2D eigenvalue weighted by Crippen LogP contribution is -2.68. The minimum atomic E-state index is 0.344. The Labute approximate surface area is 114 Å².